The minimum atomic E-state index is -0.0146. The first-order chi connectivity index (χ1) is 8.67. The highest BCUT2D eigenvalue weighted by Gasteiger charge is 2.26. The maximum Gasteiger partial charge on any atom is 0.123 e. The van der Waals surface area contributed by atoms with Gasteiger partial charge in [0, 0.05) is 37.2 Å². The van der Waals surface area contributed by atoms with E-state index in [1.54, 1.807) is 0 Å². The van der Waals surface area contributed by atoms with E-state index < -0.39 is 0 Å². The third-order valence-corrected chi connectivity index (χ3v) is 3.87. The van der Waals surface area contributed by atoms with Gasteiger partial charge in [0.25, 0.3) is 0 Å². The Morgan fingerprint density at radius 3 is 2.89 bits per heavy atom. The molecule has 1 atom stereocenters. The molecule has 0 bridgehead atoms. The van der Waals surface area contributed by atoms with Crippen molar-refractivity contribution in [2.24, 2.45) is 5.41 Å². The Bertz CT molecular complexity index is 388. The molecule has 3 heteroatoms. The third-order valence-electron chi connectivity index (χ3n) is 3.87. The van der Waals surface area contributed by atoms with E-state index in [1.165, 1.54) is 5.56 Å². The fourth-order valence-electron chi connectivity index (χ4n) is 2.33. The summed E-state index contributed by atoms with van der Waals surface area (Å²) >= 11 is 0. The molecule has 0 fully saturated rings. The molecule has 0 radical (unpaired) electrons. The topological polar surface area (TPSA) is 32.7 Å². The number of ether oxygens (including phenoxy) is 1. The van der Waals surface area contributed by atoms with E-state index in [9.17, 15) is 5.11 Å². The second-order valence-corrected chi connectivity index (χ2v) is 5.49. The van der Waals surface area contributed by atoms with E-state index in [-0.39, 0.29) is 12.0 Å². The molecule has 2 rings (SSSR count). The average Bonchev–Trinajstić information content (AvgIpc) is 2.60. The summed E-state index contributed by atoms with van der Waals surface area (Å²) in [6.07, 6.45) is 0.989. The standard InChI is InChI=1S/C15H23NO2/c1-3-15(2,12-17)11-16-8-9-18-14-7-5-4-6-13(14)10-16/h4-7,17H,3,8-12H2,1-2H3. The molecule has 100 valence electrons. The number of nitrogens with zero attached hydrogens (tertiary/aromatic N) is 1. The molecule has 0 saturated carbocycles. The molecule has 1 unspecified atom stereocenters. The van der Waals surface area contributed by atoms with Gasteiger partial charge in [-0.2, -0.15) is 0 Å². The predicted molar refractivity (Wildman–Crippen MR) is 72.7 cm³/mol. The van der Waals surface area contributed by atoms with E-state index >= 15 is 0 Å². The first-order valence-electron chi connectivity index (χ1n) is 6.71. The smallest absolute Gasteiger partial charge is 0.123 e. The summed E-state index contributed by atoms with van der Waals surface area (Å²) < 4.78 is 5.76. The minimum absolute atomic E-state index is 0.0146. The summed E-state index contributed by atoms with van der Waals surface area (Å²) in [6.45, 7) is 7.99. The summed E-state index contributed by atoms with van der Waals surface area (Å²) in [5.74, 6) is 1.00. The summed E-state index contributed by atoms with van der Waals surface area (Å²) in [7, 11) is 0. The molecule has 1 aliphatic rings. The van der Waals surface area contributed by atoms with Crippen LogP contribution < -0.4 is 4.74 Å². The van der Waals surface area contributed by atoms with Gasteiger partial charge in [-0.05, 0) is 12.5 Å². The first-order valence-corrected chi connectivity index (χ1v) is 6.71. The summed E-state index contributed by atoms with van der Waals surface area (Å²) in [6, 6.07) is 8.22. The van der Waals surface area contributed by atoms with Crippen molar-refractivity contribution in [2.75, 3.05) is 26.3 Å². The first kappa shape index (κ1) is 13.4. The molecule has 1 N–H and O–H groups in total. The second-order valence-electron chi connectivity index (χ2n) is 5.49. The van der Waals surface area contributed by atoms with Gasteiger partial charge >= 0.3 is 0 Å². The van der Waals surface area contributed by atoms with Crippen molar-refractivity contribution in [1.82, 2.24) is 4.90 Å². The van der Waals surface area contributed by atoms with Crippen LogP contribution in [0, 0.1) is 5.41 Å². The predicted octanol–water partition coefficient (Wildman–Crippen LogP) is 2.29. The van der Waals surface area contributed by atoms with Crippen LogP contribution in [0.4, 0.5) is 0 Å². The number of hydrogen-bond donors (Lipinski definition) is 1. The molecule has 0 aromatic heterocycles. The zero-order valence-electron chi connectivity index (χ0n) is 11.4. The molecule has 0 saturated heterocycles. The Balaban J connectivity index is 2.08. The molecule has 1 aromatic carbocycles. The highest BCUT2D eigenvalue weighted by molar-refractivity contribution is 5.33. The Labute approximate surface area is 109 Å². The normalized spacial score (nSPS) is 19.5. The lowest BCUT2D eigenvalue weighted by molar-refractivity contribution is 0.0782. The Morgan fingerprint density at radius 2 is 2.17 bits per heavy atom. The Hall–Kier alpha value is -1.06. The van der Waals surface area contributed by atoms with E-state index in [1.807, 2.05) is 12.1 Å². The number of aliphatic hydroxyl groups excluding tert-OH is 1. The maximum absolute atomic E-state index is 9.52. The minimum Gasteiger partial charge on any atom is -0.492 e. The molecule has 0 spiro atoms. The van der Waals surface area contributed by atoms with Crippen molar-refractivity contribution in [3.8, 4) is 5.75 Å². The van der Waals surface area contributed by atoms with E-state index in [2.05, 4.69) is 30.9 Å². The van der Waals surface area contributed by atoms with Gasteiger partial charge in [-0.15, -0.1) is 0 Å². The highest BCUT2D eigenvalue weighted by Crippen LogP contribution is 2.26. The van der Waals surface area contributed by atoms with Gasteiger partial charge in [0.05, 0.1) is 0 Å². The number of benzene rings is 1. The number of rotatable bonds is 4. The van der Waals surface area contributed by atoms with E-state index in [0.717, 1.165) is 38.4 Å². The Kier molecular flexibility index (Phi) is 4.25. The average molecular weight is 249 g/mol. The van der Waals surface area contributed by atoms with Crippen LogP contribution in [0.5, 0.6) is 5.75 Å². The zero-order chi connectivity index (χ0) is 13.0. The van der Waals surface area contributed by atoms with Crippen LogP contribution in [0.2, 0.25) is 0 Å². The van der Waals surface area contributed by atoms with E-state index in [4.69, 9.17) is 4.74 Å². The molecule has 18 heavy (non-hydrogen) atoms. The SMILES string of the molecule is CCC(C)(CO)CN1CCOc2ccccc2C1. The zero-order valence-corrected chi connectivity index (χ0v) is 11.4. The molecular weight excluding hydrogens is 226 g/mol. The molecule has 3 nitrogen and oxygen atoms in total. The number of fused-ring (bicyclic) bond motifs is 1. The van der Waals surface area contributed by atoms with Crippen LogP contribution in [0.1, 0.15) is 25.8 Å². The molecule has 0 amide bonds. The van der Waals surface area contributed by atoms with Crippen molar-refractivity contribution in [3.63, 3.8) is 0 Å². The molecule has 0 aliphatic carbocycles. The lowest BCUT2D eigenvalue weighted by Crippen LogP contribution is -2.38. The van der Waals surface area contributed by atoms with Crippen LogP contribution in [0.25, 0.3) is 0 Å². The van der Waals surface area contributed by atoms with Gasteiger partial charge < -0.3 is 9.84 Å². The summed E-state index contributed by atoms with van der Waals surface area (Å²) in [5, 5.41) is 9.52. The van der Waals surface area contributed by atoms with Crippen molar-refractivity contribution >= 4 is 0 Å². The monoisotopic (exact) mass is 249 g/mol. The molecular formula is C15H23NO2. The van der Waals surface area contributed by atoms with Crippen LogP contribution in [0.15, 0.2) is 24.3 Å². The van der Waals surface area contributed by atoms with Gasteiger partial charge in [-0.3, -0.25) is 4.90 Å². The fourth-order valence-corrected chi connectivity index (χ4v) is 2.33. The van der Waals surface area contributed by atoms with Crippen molar-refractivity contribution in [1.29, 1.82) is 0 Å². The Morgan fingerprint density at radius 1 is 1.39 bits per heavy atom. The van der Waals surface area contributed by atoms with Crippen LogP contribution in [-0.2, 0) is 6.54 Å². The van der Waals surface area contributed by atoms with E-state index in [0.29, 0.717) is 0 Å². The van der Waals surface area contributed by atoms with Gasteiger partial charge in [-0.1, -0.05) is 32.0 Å². The number of aliphatic hydroxyl groups is 1. The highest BCUT2D eigenvalue weighted by atomic mass is 16.5. The van der Waals surface area contributed by atoms with Crippen molar-refractivity contribution in [3.05, 3.63) is 29.8 Å². The quantitative estimate of drug-likeness (QED) is 0.888. The largest absolute Gasteiger partial charge is 0.492 e. The van der Waals surface area contributed by atoms with Crippen molar-refractivity contribution in [2.45, 2.75) is 26.8 Å². The summed E-state index contributed by atoms with van der Waals surface area (Å²) in [5.41, 5.74) is 1.23. The second kappa shape index (κ2) is 5.72. The van der Waals surface area contributed by atoms with Crippen molar-refractivity contribution < 1.29 is 9.84 Å². The molecule has 1 aromatic rings. The maximum atomic E-state index is 9.52. The molecule has 1 aliphatic heterocycles. The third kappa shape index (κ3) is 3.03. The van der Waals surface area contributed by atoms with Gasteiger partial charge in [-0.25, -0.2) is 0 Å². The lowest BCUT2D eigenvalue weighted by Gasteiger charge is -2.32. The fraction of sp³-hybridized carbons (Fsp3) is 0.600. The van der Waals surface area contributed by atoms with Gasteiger partial charge in [0.2, 0.25) is 0 Å². The lowest BCUT2D eigenvalue weighted by atomic mass is 9.88. The summed E-state index contributed by atoms with van der Waals surface area (Å²) in [4.78, 5) is 2.38. The number of hydrogen-bond acceptors (Lipinski definition) is 3. The van der Waals surface area contributed by atoms with Crippen LogP contribution in [-0.4, -0.2) is 36.3 Å². The van der Waals surface area contributed by atoms with Gasteiger partial charge in [0.15, 0.2) is 0 Å². The molecule has 1 heterocycles. The van der Waals surface area contributed by atoms with Gasteiger partial charge in [0.1, 0.15) is 12.4 Å². The van der Waals surface area contributed by atoms with Crippen LogP contribution in [0.3, 0.4) is 0 Å². The number of para-hydroxylation sites is 1. The van der Waals surface area contributed by atoms with Crippen LogP contribution >= 0.6 is 0 Å².